The molecule has 0 aliphatic heterocycles. The molecule has 0 bridgehead atoms. The Kier molecular flexibility index (Phi) is 6.21. The predicted octanol–water partition coefficient (Wildman–Crippen LogP) is 3.19. The Hall–Kier alpha value is -2.04. The van der Waals surface area contributed by atoms with Gasteiger partial charge in [-0.15, -0.1) is 0 Å². The number of rotatable bonds is 7. The van der Waals surface area contributed by atoms with Crippen LogP contribution in [0.5, 0.6) is 0 Å². The Balaban J connectivity index is 2.57. The van der Waals surface area contributed by atoms with Gasteiger partial charge in [-0.05, 0) is 24.8 Å². The Morgan fingerprint density at radius 1 is 1.29 bits per heavy atom. The van der Waals surface area contributed by atoms with Crippen LogP contribution in [0.15, 0.2) is 30.3 Å². The number of benzene rings is 1. The number of alkyl carbamates (subject to hydrolysis) is 1. The summed E-state index contributed by atoms with van der Waals surface area (Å²) >= 11 is 0. The number of hydrogen-bond acceptors (Lipinski definition) is 3. The number of hydrogen-bond donors (Lipinski definition) is 2. The lowest BCUT2D eigenvalue weighted by molar-refractivity contribution is -0.138. The van der Waals surface area contributed by atoms with Gasteiger partial charge in [0.15, 0.2) is 0 Å². The van der Waals surface area contributed by atoms with E-state index < -0.39 is 17.6 Å². The molecule has 116 valence electrons. The van der Waals surface area contributed by atoms with E-state index in [-0.39, 0.29) is 18.9 Å². The fraction of sp³-hybridized carbons (Fsp3) is 0.500. The Morgan fingerprint density at radius 3 is 2.43 bits per heavy atom. The zero-order chi connectivity index (χ0) is 15.9. The highest BCUT2D eigenvalue weighted by Crippen LogP contribution is 2.20. The van der Waals surface area contributed by atoms with Crippen LogP contribution in [0, 0.1) is 5.92 Å². The van der Waals surface area contributed by atoms with Crippen LogP contribution in [0.3, 0.4) is 0 Å². The van der Waals surface area contributed by atoms with Crippen LogP contribution < -0.4 is 5.32 Å². The molecule has 1 atom stereocenters. The SMILES string of the molecule is CC(C)CC(C)(CC(=O)O)NC(=O)OCc1ccccc1. The highest BCUT2D eigenvalue weighted by Gasteiger charge is 2.30. The number of ether oxygens (including phenoxy) is 1. The maximum Gasteiger partial charge on any atom is 0.407 e. The molecule has 0 saturated heterocycles. The third kappa shape index (κ3) is 6.79. The van der Waals surface area contributed by atoms with Gasteiger partial charge in [0, 0.05) is 0 Å². The van der Waals surface area contributed by atoms with Gasteiger partial charge in [0.2, 0.25) is 0 Å². The van der Waals surface area contributed by atoms with Crippen LogP contribution in [-0.4, -0.2) is 22.7 Å². The first kappa shape index (κ1) is 17.0. The lowest BCUT2D eigenvalue weighted by Gasteiger charge is -2.30. The van der Waals surface area contributed by atoms with Gasteiger partial charge in [0.25, 0.3) is 0 Å². The van der Waals surface area contributed by atoms with Crippen molar-refractivity contribution in [2.24, 2.45) is 5.92 Å². The molecule has 1 amide bonds. The Morgan fingerprint density at radius 2 is 1.90 bits per heavy atom. The standard InChI is InChI=1S/C16H23NO4/c1-12(2)9-16(3,10-14(18)19)17-15(20)21-11-13-7-5-4-6-8-13/h4-8,12H,9-11H2,1-3H3,(H,17,20)(H,18,19). The highest BCUT2D eigenvalue weighted by atomic mass is 16.5. The molecule has 0 aliphatic carbocycles. The van der Waals surface area contributed by atoms with E-state index in [0.717, 1.165) is 5.56 Å². The zero-order valence-corrected chi connectivity index (χ0v) is 12.8. The number of carbonyl (C=O) groups is 2. The van der Waals surface area contributed by atoms with Crippen molar-refractivity contribution in [3.63, 3.8) is 0 Å². The van der Waals surface area contributed by atoms with Crippen LogP contribution in [0.2, 0.25) is 0 Å². The molecule has 5 nitrogen and oxygen atoms in total. The fourth-order valence-electron chi connectivity index (χ4n) is 2.41. The van der Waals surface area contributed by atoms with Crippen molar-refractivity contribution in [3.8, 4) is 0 Å². The lowest BCUT2D eigenvalue weighted by Crippen LogP contribution is -2.48. The van der Waals surface area contributed by atoms with Crippen LogP contribution in [0.1, 0.15) is 39.2 Å². The summed E-state index contributed by atoms with van der Waals surface area (Å²) < 4.78 is 5.14. The van der Waals surface area contributed by atoms with E-state index in [2.05, 4.69) is 5.32 Å². The van der Waals surface area contributed by atoms with E-state index in [0.29, 0.717) is 6.42 Å². The minimum absolute atomic E-state index is 0.133. The summed E-state index contributed by atoms with van der Waals surface area (Å²) in [4.78, 5) is 22.8. The van der Waals surface area contributed by atoms with Crippen molar-refractivity contribution in [3.05, 3.63) is 35.9 Å². The normalized spacial score (nSPS) is 13.5. The minimum Gasteiger partial charge on any atom is -0.481 e. The number of aliphatic carboxylic acids is 1. The van der Waals surface area contributed by atoms with Gasteiger partial charge in [-0.2, -0.15) is 0 Å². The summed E-state index contributed by atoms with van der Waals surface area (Å²) in [6, 6.07) is 9.33. The summed E-state index contributed by atoms with van der Waals surface area (Å²) in [5.74, 6) is -0.676. The first-order valence-electron chi connectivity index (χ1n) is 7.01. The average Bonchev–Trinajstić information content (AvgIpc) is 2.35. The van der Waals surface area contributed by atoms with Crippen molar-refractivity contribution in [1.29, 1.82) is 0 Å². The quantitative estimate of drug-likeness (QED) is 0.809. The first-order valence-corrected chi connectivity index (χ1v) is 7.01. The van der Waals surface area contributed by atoms with Crippen LogP contribution in [0.25, 0.3) is 0 Å². The smallest absolute Gasteiger partial charge is 0.407 e. The van der Waals surface area contributed by atoms with E-state index in [1.807, 2.05) is 44.2 Å². The largest absolute Gasteiger partial charge is 0.481 e. The second-order valence-corrected chi connectivity index (χ2v) is 5.92. The molecule has 5 heteroatoms. The van der Waals surface area contributed by atoms with Crippen LogP contribution >= 0.6 is 0 Å². The molecule has 1 aromatic rings. The highest BCUT2D eigenvalue weighted by molar-refractivity contribution is 5.72. The zero-order valence-electron chi connectivity index (χ0n) is 12.8. The molecule has 21 heavy (non-hydrogen) atoms. The van der Waals surface area contributed by atoms with E-state index in [1.54, 1.807) is 6.92 Å². The van der Waals surface area contributed by atoms with Gasteiger partial charge in [-0.1, -0.05) is 44.2 Å². The second-order valence-electron chi connectivity index (χ2n) is 5.92. The van der Waals surface area contributed by atoms with E-state index in [4.69, 9.17) is 9.84 Å². The number of amides is 1. The van der Waals surface area contributed by atoms with Gasteiger partial charge in [-0.25, -0.2) is 4.79 Å². The molecule has 0 heterocycles. The maximum atomic E-state index is 11.9. The average molecular weight is 293 g/mol. The molecular formula is C16H23NO4. The summed E-state index contributed by atoms with van der Waals surface area (Å²) in [7, 11) is 0. The van der Waals surface area contributed by atoms with Gasteiger partial charge >= 0.3 is 12.1 Å². The summed E-state index contributed by atoms with van der Waals surface area (Å²) in [6.07, 6.45) is -0.158. The summed E-state index contributed by atoms with van der Waals surface area (Å²) in [5.41, 5.74) is 0.0739. The summed E-state index contributed by atoms with van der Waals surface area (Å²) in [5, 5.41) is 11.7. The monoisotopic (exact) mass is 293 g/mol. The molecule has 1 aromatic carbocycles. The molecule has 0 spiro atoms. The van der Waals surface area contributed by atoms with Gasteiger partial charge < -0.3 is 15.2 Å². The molecule has 1 rings (SSSR count). The van der Waals surface area contributed by atoms with Crippen LogP contribution in [-0.2, 0) is 16.1 Å². The second kappa shape index (κ2) is 7.67. The number of carboxylic acid groups (broad SMARTS) is 1. The van der Waals surface area contributed by atoms with Crippen molar-refractivity contribution in [1.82, 2.24) is 5.32 Å². The van der Waals surface area contributed by atoms with Crippen molar-refractivity contribution in [2.75, 3.05) is 0 Å². The first-order chi connectivity index (χ1) is 9.81. The third-order valence-electron chi connectivity index (χ3n) is 3.02. The Bertz CT molecular complexity index is 472. The van der Waals surface area contributed by atoms with Gasteiger partial charge in [-0.3, -0.25) is 4.79 Å². The van der Waals surface area contributed by atoms with Crippen molar-refractivity contribution in [2.45, 2.75) is 45.8 Å². The molecular weight excluding hydrogens is 270 g/mol. The molecule has 0 fully saturated rings. The molecule has 0 aromatic heterocycles. The molecule has 0 saturated carbocycles. The predicted molar refractivity (Wildman–Crippen MR) is 79.9 cm³/mol. The van der Waals surface area contributed by atoms with Crippen molar-refractivity contribution < 1.29 is 19.4 Å². The third-order valence-corrected chi connectivity index (χ3v) is 3.02. The number of carbonyl (C=O) groups excluding carboxylic acids is 1. The number of nitrogens with one attached hydrogen (secondary N) is 1. The fourth-order valence-corrected chi connectivity index (χ4v) is 2.41. The van der Waals surface area contributed by atoms with E-state index in [1.165, 1.54) is 0 Å². The minimum atomic E-state index is -0.943. The number of carboxylic acids is 1. The van der Waals surface area contributed by atoms with E-state index in [9.17, 15) is 9.59 Å². The molecule has 1 unspecified atom stereocenters. The van der Waals surface area contributed by atoms with E-state index >= 15 is 0 Å². The van der Waals surface area contributed by atoms with Gasteiger partial charge in [0.1, 0.15) is 6.61 Å². The Labute approximate surface area is 125 Å². The summed E-state index contributed by atoms with van der Waals surface area (Å²) in [6.45, 7) is 5.86. The van der Waals surface area contributed by atoms with Crippen molar-refractivity contribution >= 4 is 12.1 Å². The molecule has 2 N–H and O–H groups in total. The molecule has 0 aliphatic rings. The van der Waals surface area contributed by atoms with Gasteiger partial charge in [0.05, 0.1) is 12.0 Å². The maximum absolute atomic E-state index is 11.9. The topological polar surface area (TPSA) is 75.6 Å². The lowest BCUT2D eigenvalue weighted by atomic mass is 9.88. The van der Waals surface area contributed by atoms with Crippen LogP contribution in [0.4, 0.5) is 4.79 Å². The molecule has 0 radical (unpaired) electrons.